The highest BCUT2D eigenvalue weighted by Gasteiger charge is 2.15. The Morgan fingerprint density at radius 3 is 2.36 bits per heavy atom. The number of aliphatic hydroxyl groups excluding tert-OH is 1. The fourth-order valence-electron chi connectivity index (χ4n) is 2.19. The van der Waals surface area contributed by atoms with E-state index in [0.29, 0.717) is 0 Å². The van der Waals surface area contributed by atoms with Crippen LogP contribution in [0.2, 0.25) is 0 Å². The molecule has 120 valence electrons. The van der Waals surface area contributed by atoms with Crippen molar-refractivity contribution in [1.29, 1.82) is 0 Å². The largest absolute Gasteiger partial charge is 0.396 e. The minimum Gasteiger partial charge on any atom is -0.396 e. The van der Waals surface area contributed by atoms with Crippen LogP contribution < -0.4 is 0 Å². The van der Waals surface area contributed by atoms with Gasteiger partial charge in [-0.25, -0.2) is 0 Å². The van der Waals surface area contributed by atoms with Gasteiger partial charge in [0.2, 0.25) is 0 Å². The van der Waals surface area contributed by atoms with Crippen LogP contribution in [0.1, 0.15) is 39.2 Å². The van der Waals surface area contributed by atoms with Crippen LogP contribution in [0.4, 0.5) is 0 Å². The van der Waals surface area contributed by atoms with Gasteiger partial charge >= 0.3 is 0 Å². The van der Waals surface area contributed by atoms with Crippen LogP contribution in [0.15, 0.2) is 29.4 Å². The van der Waals surface area contributed by atoms with Gasteiger partial charge in [-0.2, -0.15) is 0 Å². The Morgan fingerprint density at radius 2 is 1.77 bits per heavy atom. The van der Waals surface area contributed by atoms with Gasteiger partial charge in [-0.1, -0.05) is 56.8 Å². The zero-order valence-electron chi connectivity index (χ0n) is 13.8. The molecule has 2 rings (SSSR count). The van der Waals surface area contributed by atoms with Crippen LogP contribution in [0.25, 0.3) is 11.4 Å². The number of rotatable bonds is 6. The summed E-state index contributed by atoms with van der Waals surface area (Å²) in [6, 6.07) is 8.56. The molecule has 0 saturated carbocycles. The van der Waals surface area contributed by atoms with Crippen molar-refractivity contribution in [1.82, 2.24) is 14.8 Å². The summed E-state index contributed by atoms with van der Waals surface area (Å²) in [6.07, 6.45) is 1.83. The first kappa shape index (κ1) is 17.0. The van der Waals surface area contributed by atoms with Gasteiger partial charge in [-0.3, -0.25) is 0 Å². The number of benzene rings is 1. The summed E-state index contributed by atoms with van der Waals surface area (Å²) in [6.45, 7) is 6.90. The van der Waals surface area contributed by atoms with Crippen molar-refractivity contribution in [2.75, 3.05) is 12.4 Å². The molecule has 0 saturated heterocycles. The molecule has 0 radical (unpaired) electrons. The Labute approximate surface area is 137 Å². The highest BCUT2D eigenvalue weighted by molar-refractivity contribution is 7.99. The van der Waals surface area contributed by atoms with E-state index in [1.165, 1.54) is 5.56 Å². The maximum absolute atomic E-state index is 8.81. The summed E-state index contributed by atoms with van der Waals surface area (Å²) in [7, 11) is 2.00. The van der Waals surface area contributed by atoms with Gasteiger partial charge in [0, 0.05) is 25.0 Å². The first-order chi connectivity index (χ1) is 10.4. The Bertz CT molecular complexity index is 599. The minimum absolute atomic E-state index is 0.159. The van der Waals surface area contributed by atoms with E-state index in [1.54, 1.807) is 11.8 Å². The molecule has 1 N–H and O–H groups in total. The fourth-order valence-corrected chi connectivity index (χ4v) is 3.10. The zero-order valence-corrected chi connectivity index (χ0v) is 14.7. The summed E-state index contributed by atoms with van der Waals surface area (Å²) >= 11 is 1.69. The number of unbranched alkanes of at least 4 members (excludes halogenated alkanes) is 1. The molecular formula is C17H25N3OS. The highest BCUT2D eigenvalue weighted by atomic mass is 32.2. The fraction of sp³-hybridized carbons (Fsp3) is 0.529. The van der Waals surface area contributed by atoms with Crippen LogP contribution >= 0.6 is 11.8 Å². The van der Waals surface area contributed by atoms with Crippen molar-refractivity contribution in [3.63, 3.8) is 0 Å². The first-order valence-electron chi connectivity index (χ1n) is 7.67. The number of nitrogens with zero attached hydrogens (tertiary/aromatic N) is 3. The van der Waals surface area contributed by atoms with E-state index in [2.05, 4.69) is 55.2 Å². The van der Waals surface area contributed by atoms with Crippen molar-refractivity contribution in [2.45, 2.75) is 44.2 Å². The Hall–Kier alpha value is -1.33. The van der Waals surface area contributed by atoms with Crippen molar-refractivity contribution in [3.05, 3.63) is 29.8 Å². The molecular weight excluding hydrogens is 294 g/mol. The van der Waals surface area contributed by atoms with E-state index < -0.39 is 0 Å². The van der Waals surface area contributed by atoms with Gasteiger partial charge in [0.05, 0.1) is 0 Å². The van der Waals surface area contributed by atoms with E-state index >= 15 is 0 Å². The highest BCUT2D eigenvalue weighted by Crippen LogP contribution is 2.27. The molecule has 0 aliphatic carbocycles. The predicted molar refractivity (Wildman–Crippen MR) is 92.2 cm³/mol. The van der Waals surface area contributed by atoms with Crippen LogP contribution in [-0.2, 0) is 12.5 Å². The van der Waals surface area contributed by atoms with Gasteiger partial charge < -0.3 is 9.67 Å². The Morgan fingerprint density at radius 1 is 1.09 bits per heavy atom. The minimum atomic E-state index is 0.159. The summed E-state index contributed by atoms with van der Waals surface area (Å²) in [5, 5.41) is 18.3. The number of hydrogen-bond acceptors (Lipinski definition) is 4. The molecule has 2 aromatic rings. The van der Waals surface area contributed by atoms with Crippen LogP contribution in [0.5, 0.6) is 0 Å². The van der Waals surface area contributed by atoms with Crippen molar-refractivity contribution in [2.24, 2.45) is 7.05 Å². The molecule has 22 heavy (non-hydrogen) atoms. The van der Waals surface area contributed by atoms with Crippen molar-refractivity contribution < 1.29 is 5.11 Å². The second-order valence-electron chi connectivity index (χ2n) is 6.47. The average Bonchev–Trinajstić information content (AvgIpc) is 2.84. The number of thioether (sulfide) groups is 1. The maximum atomic E-state index is 8.81. The zero-order chi connectivity index (χ0) is 16.2. The molecule has 0 bridgehead atoms. The van der Waals surface area contributed by atoms with E-state index in [4.69, 9.17) is 5.11 Å². The monoisotopic (exact) mass is 319 g/mol. The molecule has 1 heterocycles. The standard InChI is InChI=1S/C17H25N3OS/c1-17(2,3)14-9-7-13(8-10-14)15-18-19-16(20(15)4)22-12-6-5-11-21/h7-10,21H,5-6,11-12H2,1-4H3. The molecule has 0 aliphatic heterocycles. The second-order valence-corrected chi connectivity index (χ2v) is 7.53. The lowest BCUT2D eigenvalue weighted by Crippen LogP contribution is -2.10. The molecule has 0 fully saturated rings. The topological polar surface area (TPSA) is 50.9 Å². The van der Waals surface area contributed by atoms with Crippen LogP contribution in [-0.4, -0.2) is 32.2 Å². The first-order valence-corrected chi connectivity index (χ1v) is 8.66. The summed E-state index contributed by atoms with van der Waals surface area (Å²) in [5.41, 5.74) is 2.56. The van der Waals surface area contributed by atoms with Gasteiger partial charge in [-0.15, -0.1) is 10.2 Å². The number of hydrogen-bond donors (Lipinski definition) is 1. The van der Waals surface area contributed by atoms with Crippen LogP contribution in [0, 0.1) is 0 Å². The maximum Gasteiger partial charge on any atom is 0.191 e. The quantitative estimate of drug-likeness (QED) is 0.652. The molecule has 0 unspecified atom stereocenters. The molecule has 5 heteroatoms. The van der Waals surface area contributed by atoms with Gasteiger partial charge in [0.1, 0.15) is 0 Å². The third-order valence-corrected chi connectivity index (χ3v) is 4.73. The molecule has 0 atom stereocenters. The summed E-state index contributed by atoms with van der Waals surface area (Å²) in [5.74, 6) is 1.85. The molecule has 0 spiro atoms. The lowest BCUT2D eigenvalue weighted by atomic mass is 9.87. The summed E-state index contributed by atoms with van der Waals surface area (Å²) in [4.78, 5) is 0. The van der Waals surface area contributed by atoms with E-state index in [0.717, 1.165) is 35.1 Å². The van der Waals surface area contributed by atoms with Crippen LogP contribution in [0.3, 0.4) is 0 Å². The lowest BCUT2D eigenvalue weighted by Gasteiger charge is -2.19. The molecule has 1 aromatic heterocycles. The SMILES string of the molecule is Cn1c(SCCCCO)nnc1-c1ccc(C(C)(C)C)cc1. The van der Waals surface area contributed by atoms with Gasteiger partial charge in [0.25, 0.3) is 0 Å². The predicted octanol–water partition coefficient (Wildman–Crippen LogP) is 3.64. The van der Waals surface area contributed by atoms with E-state index in [1.807, 2.05) is 11.6 Å². The molecule has 4 nitrogen and oxygen atoms in total. The van der Waals surface area contributed by atoms with Gasteiger partial charge in [-0.05, 0) is 23.8 Å². The third kappa shape index (κ3) is 4.11. The second kappa shape index (κ2) is 7.29. The van der Waals surface area contributed by atoms with Crippen molar-refractivity contribution in [3.8, 4) is 11.4 Å². The Balaban J connectivity index is 2.11. The number of aliphatic hydroxyl groups is 1. The summed E-state index contributed by atoms with van der Waals surface area (Å²) < 4.78 is 2.04. The molecule has 0 aliphatic rings. The Kier molecular flexibility index (Phi) is 5.64. The lowest BCUT2D eigenvalue weighted by molar-refractivity contribution is 0.287. The normalized spacial score (nSPS) is 11.9. The van der Waals surface area contributed by atoms with E-state index in [9.17, 15) is 0 Å². The van der Waals surface area contributed by atoms with Crippen molar-refractivity contribution >= 4 is 11.8 Å². The van der Waals surface area contributed by atoms with Gasteiger partial charge in [0.15, 0.2) is 11.0 Å². The van der Waals surface area contributed by atoms with E-state index in [-0.39, 0.29) is 12.0 Å². The third-order valence-electron chi connectivity index (χ3n) is 3.63. The average molecular weight is 319 g/mol. The number of aromatic nitrogens is 3. The smallest absolute Gasteiger partial charge is 0.191 e. The molecule has 0 amide bonds. The molecule has 1 aromatic carbocycles.